The largest absolute Gasteiger partial charge is 0.491 e. The second-order valence-corrected chi connectivity index (χ2v) is 8.18. The molecule has 0 saturated heterocycles. The second-order valence-electron chi connectivity index (χ2n) is 8.18. The molecule has 28 heavy (non-hydrogen) atoms. The number of rotatable bonds is 20. The summed E-state index contributed by atoms with van der Waals surface area (Å²) in [6.45, 7) is 6.17. The fourth-order valence-electron chi connectivity index (χ4n) is 3.76. The Morgan fingerprint density at radius 1 is 0.607 bits per heavy atom. The first-order chi connectivity index (χ1) is 13.9. The fourth-order valence-corrected chi connectivity index (χ4v) is 3.76. The van der Waals surface area contributed by atoms with E-state index in [1.54, 1.807) is 0 Å². The number of unbranched alkanes of at least 4 members (excludes halogenated alkanes) is 15. The predicted molar refractivity (Wildman–Crippen MR) is 126 cm³/mol. The van der Waals surface area contributed by atoms with Gasteiger partial charge in [0.25, 0.3) is 0 Å². The number of hydrogen-bond donors (Lipinski definition) is 1. The molecule has 0 amide bonds. The highest BCUT2D eigenvalue weighted by Crippen LogP contribution is 2.23. The molecule has 0 aliphatic rings. The zero-order chi connectivity index (χ0) is 20.1. The molecule has 0 radical (unpaired) electrons. The molecule has 2 heteroatoms. The summed E-state index contributed by atoms with van der Waals surface area (Å²) in [6.07, 6.45) is 22.5. The molecule has 0 atom stereocenters. The highest BCUT2D eigenvalue weighted by molar-refractivity contribution is 5.55. The van der Waals surface area contributed by atoms with Crippen LogP contribution in [0.2, 0.25) is 0 Å². The molecule has 0 aliphatic carbocycles. The van der Waals surface area contributed by atoms with E-state index < -0.39 is 0 Å². The SMILES string of the molecule is CCCCCCCCCCCCCCCCCCOc1ccccc1NCC. The number of benzene rings is 1. The van der Waals surface area contributed by atoms with Crippen molar-refractivity contribution in [3.8, 4) is 5.75 Å². The minimum Gasteiger partial charge on any atom is -0.491 e. The van der Waals surface area contributed by atoms with E-state index in [-0.39, 0.29) is 0 Å². The van der Waals surface area contributed by atoms with Gasteiger partial charge in [0.1, 0.15) is 5.75 Å². The molecule has 0 aliphatic heterocycles. The number of nitrogens with one attached hydrogen (secondary N) is 1. The number of hydrogen-bond acceptors (Lipinski definition) is 2. The zero-order valence-electron chi connectivity index (χ0n) is 18.9. The summed E-state index contributed by atoms with van der Waals surface area (Å²) in [6, 6.07) is 8.25. The van der Waals surface area contributed by atoms with Crippen LogP contribution in [0.3, 0.4) is 0 Å². The average Bonchev–Trinajstić information content (AvgIpc) is 2.71. The molecular formula is C26H47NO. The van der Waals surface area contributed by atoms with Crippen LogP contribution in [0.4, 0.5) is 5.69 Å². The molecule has 0 spiro atoms. The van der Waals surface area contributed by atoms with E-state index in [0.29, 0.717) is 0 Å². The summed E-state index contributed by atoms with van der Waals surface area (Å²) in [7, 11) is 0. The monoisotopic (exact) mass is 389 g/mol. The normalized spacial score (nSPS) is 10.9. The van der Waals surface area contributed by atoms with Crippen molar-refractivity contribution in [2.75, 3.05) is 18.5 Å². The van der Waals surface area contributed by atoms with E-state index in [0.717, 1.165) is 24.6 Å². The van der Waals surface area contributed by atoms with Crippen molar-refractivity contribution in [2.24, 2.45) is 0 Å². The maximum Gasteiger partial charge on any atom is 0.142 e. The van der Waals surface area contributed by atoms with E-state index in [2.05, 4.69) is 37.4 Å². The lowest BCUT2D eigenvalue weighted by molar-refractivity contribution is 0.305. The topological polar surface area (TPSA) is 21.3 Å². The van der Waals surface area contributed by atoms with E-state index in [9.17, 15) is 0 Å². The standard InChI is InChI=1S/C26H47NO/c1-3-5-6-7-8-9-10-11-12-13-14-15-16-17-18-21-24-28-26-23-20-19-22-25(26)27-4-2/h19-20,22-23,27H,3-18,21,24H2,1-2H3. The van der Waals surface area contributed by atoms with E-state index >= 15 is 0 Å². The number of ether oxygens (including phenoxy) is 1. The molecule has 1 aromatic carbocycles. The molecule has 1 N–H and O–H groups in total. The summed E-state index contributed by atoms with van der Waals surface area (Å²) < 4.78 is 5.95. The van der Waals surface area contributed by atoms with Crippen LogP contribution in [-0.4, -0.2) is 13.2 Å². The van der Waals surface area contributed by atoms with Gasteiger partial charge in [0.2, 0.25) is 0 Å². The Labute approximate surface area is 175 Å². The van der Waals surface area contributed by atoms with Gasteiger partial charge in [-0.05, 0) is 25.5 Å². The minimum absolute atomic E-state index is 0.834. The lowest BCUT2D eigenvalue weighted by Crippen LogP contribution is -2.03. The predicted octanol–water partition coefficient (Wildman–Crippen LogP) is 8.76. The van der Waals surface area contributed by atoms with Gasteiger partial charge in [-0.1, -0.05) is 115 Å². The lowest BCUT2D eigenvalue weighted by atomic mass is 10.0. The zero-order valence-corrected chi connectivity index (χ0v) is 18.9. The van der Waals surface area contributed by atoms with Gasteiger partial charge in [0.15, 0.2) is 0 Å². The molecule has 0 aromatic heterocycles. The van der Waals surface area contributed by atoms with Gasteiger partial charge >= 0.3 is 0 Å². The van der Waals surface area contributed by atoms with Crippen molar-refractivity contribution < 1.29 is 4.74 Å². The molecule has 0 saturated carbocycles. The van der Waals surface area contributed by atoms with Crippen LogP contribution in [0.25, 0.3) is 0 Å². The van der Waals surface area contributed by atoms with Gasteiger partial charge in [-0.15, -0.1) is 0 Å². The molecular weight excluding hydrogens is 342 g/mol. The van der Waals surface area contributed by atoms with Crippen LogP contribution in [0.5, 0.6) is 5.75 Å². The Morgan fingerprint density at radius 2 is 1.07 bits per heavy atom. The van der Waals surface area contributed by atoms with E-state index in [1.807, 2.05) is 6.07 Å². The van der Waals surface area contributed by atoms with Crippen molar-refractivity contribution in [2.45, 2.75) is 117 Å². The quantitative estimate of drug-likeness (QED) is 0.225. The second kappa shape index (κ2) is 19.2. The van der Waals surface area contributed by atoms with Crippen LogP contribution >= 0.6 is 0 Å². The Balaban J connectivity index is 1.81. The molecule has 0 bridgehead atoms. The Hall–Kier alpha value is -1.18. The van der Waals surface area contributed by atoms with E-state index in [1.165, 1.54) is 103 Å². The van der Waals surface area contributed by atoms with Crippen LogP contribution in [0.1, 0.15) is 117 Å². The number of para-hydroxylation sites is 2. The highest BCUT2D eigenvalue weighted by Gasteiger charge is 2.01. The van der Waals surface area contributed by atoms with Gasteiger partial charge in [0, 0.05) is 6.54 Å². The van der Waals surface area contributed by atoms with Crippen molar-refractivity contribution in [1.82, 2.24) is 0 Å². The van der Waals surface area contributed by atoms with Gasteiger partial charge in [-0.3, -0.25) is 0 Å². The van der Waals surface area contributed by atoms with Crippen molar-refractivity contribution in [1.29, 1.82) is 0 Å². The van der Waals surface area contributed by atoms with E-state index in [4.69, 9.17) is 4.74 Å². The molecule has 1 aromatic rings. The third-order valence-corrected chi connectivity index (χ3v) is 5.51. The molecule has 2 nitrogen and oxygen atoms in total. The van der Waals surface area contributed by atoms with Crippen LogP contribution in [0.15, 0.2) is 24.3 Å². The number of anilines is 1. The first-order valence-electron chi connectivity index (χ1n) is 12.3. The first-order valence-corrected chi connectivity index (χ1v) is 12.3. The summed E-state index contributed by atoms with van der Waals surface area (Å²) in [5.74, 6) is 0.991. The minimum atomic E-state index is 0.834. The van der Waals surface area contributed by atoms with Gasteiger partial charge in [-0.25, -0.2) is 0 Å². The Kier molecular flexibility index (Phi) is 17.0. The third-order valence-electron chi connectivity index (χ3n) is 5.51. The molecule has 0 fully saturated rings. The maximum atomic E-state index is 5.95. The molecule has 1 rings (SSSR count). The van der Waals surface area contributed by atoms with Gasteiger partial charge in [-0.2, -0.15) is 0 Å². The Bertz CT molecular complexity index is 446. The third kappa shape index (κ3) is 13.9. The molecule has 0 unspecified atom stereocenters. The lowest BCUT2D eigenvalue weighted by Gasteiger charge is -2.12. The summed E-state index contributed by atoms with van der Waals surface area (Å²) in [5.41, 5.74) is 1.11. The van der Waals surface area contributed by atoms with Crippen molar-refractivity contribution in [3.05, 3.63) is 24.3 Å². The summed E-state index contributed by atoms with van der Waals surface area (Å²) in [4.78, 5) is 0. The van der Waals surface area contributed by atoms with Crippen LogP contribution in [-0.2, 0) is 0 Å². The molecule has 0 heterocycles. The van der Waals surface area contributed by atoms with Gasteiger partial charge in [0.05, 0.1) is 12.3 Å². The highest BCUT2D eigenvalue weighted by atomic mass is 16.5. The summed E-state index contributed by atoms with van der Waals surface area (Å²) >= 11 is 0. The van der Waals surface area contributed by atoms with Crippen molar-refractivity contribution in [3.63, 3.8) is 0 Å². The van der Waals surface area contributed by atoms with Gasteiger partial charge < -0.3 is 10.1 Å². The summed E-state index contributed by atoms with van der Waals surface area (Å²) in [5, 5.41) is 3.36. The van der Waals surface area contributed by atoms with Crippen molar-refractivity contribution >= 4 is 5.69 Å². The molecule has 162 valence electrons. The first kappa shape index (κ1) is 24.9. The average molecular weight is 390 g/mol. The smallest absolute Gasteiger partial charge is 0.142 e. The van der Waals surface area contributed by atoms with Crippen LogP contribution < -0.4 is 10.1 Å². The Morgan fingerprint density at radius 3 is 1.57 bits per heavy atom. The van der Waals surface area contributed by atoms with Crippen LogP contribution in [0, 0.1) is 0 Å². The fraction of sp³-hybridized carbons (Fsp3) is 0.769. The maximum absolute atomic E-state index is 5.95.